The number of hydrogen-bond donors (Lipinski definition) is 2. The molecule has 2 N–H and O–H groups in total. The number of rotatable bonds is 7. The van der Waals surface area contributed by atoms with Crippen LogP contribution in [0, 0.1) is 5.92 Å². The van der Waals surface area contributed by atoms with Crippen LogP contribution in [0.3, 0.4) is 0 Å². The van der Waals surface area contributed by atoms with Gasteiger partial charge < -0.3 is 5.32 Å². The molecule has 112 valence electrons. The molecule has 1 aliphatic carbocycles. The fraction of sp³-hybridized carbons (Fsp3) is 0.923. The van der Waals surface area contributed by atoms with Gasteiger partial charge in [-0.05, 0) is 32.1 Å². The number of carbonyl (C=O) groups excluding carboxylic acids is 1. The highest BCUT2D eigenvalue weighted by atomic mass is 32.2. The first kappa shape index (κ1) is 16.4. The van der Waals surface area contributed by atoms with E-state index in [4.69, 9.17) is 0 Å². The van der Waals surface area contributed by atoms with Gasteiger partial charge in [0.15, 0.2) is 0 Å². The van der Waals surface area contributed by atoms with Gasteiger partial charge in [-0.3, -0.25) is 4.79 Å². The van der Waals surface area contributed by atoms with Crippen molar-refractivity contribution in [1.29, 1.82) is 0 Å². The van der Waals surface area contributed by atoms with Crippen LogP contribution in [0.4, 0.5) is 0 Å². The first-order valence-electron chi connectivity index (χ1n) is 7.22. The van der Waals surface area contributed by atoms with Crippen molar-refractivity contribution in [3.05, 3.63) is 0 Å². The smallest absolute Gasteiger partial charge is 0.237 e. The van der Waals surface area contributed by atoms with E-state index >= 15 is 0 Å². The molecule has 1 rings (SSSR count). The predicted octanol–water partition coefficient (Wildman–Crippen LogP) is 1.40. The average Bonchev–Trinajstić information content (AvgIpc) is 2.35. The van der Waals surface area contributed by atoms with E-state index in [0.717, 1.165) is 32.1 Å². The number of amides is 1. The van der Waals surface area contributed by atoms with E-state index in [1.165, 1.54) is 6.42 Å². The lowest BCUT2D eigenvalue weighted by Crippen LogP contribution is -2.46. The molecule has 5 nitrogen and oxygen atoms in total. The van der Waals surface area contributed by atoms with Crippen LogP contribution in [0.2, 0.25) is 0 Å². The summed E-state index contributed by atoms with van der Waals surface area (Å²) in [5.74, 6) is 0.143. The van der Waals surface area contributed by atoms with Crippen LogP contribution >= 0.6 is 0 Å². The van der Waals surface area contributed by atoms with E-state index in [1.807, 2.05) is 6.92 Å². The Morgan fingerprint density at radius 3 is 2.47 bits per heavy atom. The van der Waals surface area contributed by atoms with Crippen molar-refractivity contribution in [2.75, 3.05) is 12.3 Å². The summed E-state index contributed by atoms with van der Waals surface area (Å²) < 4.78 is 26.5. The predicted molar refractivity (Wildman–Crippen MR) is 76.3 cm³/mol. The fourth-order valence-electron chi connectivity index (χ4n) is 2.44. The Kier molecular flexibility index (Phi) is 6.79. The van der Waals surface area contributed by atoms with Crippen molar-refractivity contribution >= 4 is 15.9 Å². The molecule has 0 aromatic heterocycles. The summed E-state index contributed by atoms with van der Waals surface area (Å²) in [7, 11) is -3.36. The Bertz CT molecular complexity index is 375. The standard InChI is InChI=1S/C13H26N2O3S/c1-3-9-14-13(16)11(2)15-19(17,18)10-12-7-5-4-6-8-12/h11-12,15H,3-10H2,1-2H3,(H,14,16)/t11-/m1/s1. The zero-order valence-corrected chi connectivity index (χ0v) is 12.8. The van der Waals surface area contributed by atoms with Crippen LogP contribution < -0.4 is 10.0 Å². The first-order valence-corrected chi connectivity index (χ1v) is 8.87. The minimum atomic E-state index is -3.36. The van der Waals surface area contributed by atoms with Gasteiger partial charge in [0.25, 0.3) is 0 Å². The molecule has 0 aliphatic heterocycles. The number of carbonyl (C=O) groups is 1. The van der Waals surface area contributed by atoms with E-state index in [2.05, 4.69) is 10.0 Å². The van der Waals surface area contributed by atoms with Gasteiger partial charge in [-0.25, -0.2) is 13.1 Å². The number of nitrogens with one attached hydrogen (secondary N) is 2. The molecule has 1 aliphatic rings. The zero-order chi connectivity index (χ0) is 14.3. The molecule has 1 atom stereocenters. The molecular formula is C13H26N2O3S. The van der Waals surface area contributed by atoms with E-state index in [9.17, 15) is 13.2 Å². The molecule has 1 fully saturated rings. The highest BCUT2D eigenvalue weighted by Gasteiger charge is 2.24. The van der Waals surface area contributed by atoms with E-state index in [-0.39, 0.29) is 17.6 Å². The van der Waals surface area contributed by atoms with Crippen molar-refractivity contribution in [3.63, 3.8) is 0 Å². The zero-order valence-electron chi connectivity index (χ0n) is 11.9. The highest BCUT2D eigenvalue weighted by Crippen LogP contribution is 2.24. The molecule has 1 saturated carbocycles. The summed E-state index contributed by atoms with van der Waals surface area (Å²) >= 11 is 0. The normalized spacial score (nSPS) is 19.1. The summed E-state index contributed by atoms with van der Waals surface area (Å²) in [6.07, 6.45) is 6.25. The van der Waals surface area contributed by atoms with Gasteiger partial charge >= 0.3 is 0 Å². The Morgan fingerprint density at radius 1 is 1.26 bits per heavy atom. The third-order valence-electron chi connectivity index (χ3n) is 3.48. The molecule has 19 heavy (non-hydrogen) atoms. The van der Waals surface area contributed by atoms with Crippen LogP contribution in [-0.2, 0) is 14.8 Å². The summed E-state index contributed by atoms with van der Waals surface area (Å²) in [4.78, 5) is 11.6. The van der Waals surface area contributed by atoms with Crippen molar-refractivity contribution < 1.29 is 13.2 Å². The molecule has 0 aromatic carbocycles. The second-order valence-corrected chi connectivity index (χ2v) is 7.21. The molecule has 0 unspecified atom stereocenters. The molecule has 1 amide bonds. The molecule has 6 heteroatoms. The molecule has 0 radical (unpaired) electrons. The maximum Gasteiger partial charge on any atom is 0.237 e. The SMILES string of the molecule is CCCNC(=O)[C@@H](C)NS(=O)(=O)CC1CCCCC1. The van der Waals surface area contributed by atoms with Gasteiger partial charge in [-0.1, -0.05) is 26.2 Å². The first-order chi connectivity index (χ1) is 8.94. The maximum absolute atomic E-state index is 12.0. The lowest BCUT2D eigenvalue weighted by Gasteiger charge is -2.22. The summed E-state index contributed by atoms with van der Waals surface area (Å²) in [5.41, 5.74) is 0. The molecule has 0 heterocycles. The minimum absolute atomic E-state index is 0.151. The van der Waals surface area contributed by atoms with Gasteiger partial charge in [0.05, 0.1) is 11.8 Å². The second kappa shape index (κ2) is 7.85. The van der Waals surface area contributed by atoms with Gasteiger partial charge in [-0.2, -0.15) is 0 Å². The Hall–Kier alpha value is -0.620. The average molecular weight is 290 g/mol. The van der Waals surface area contributed by atoms with Gasteiger partial charge in [0, 0.05) is 6.54 Å². The molecular weight excluding hydrogens is 264 g/mol. The number of sulfonamides is 1. The summed E-state index contributed by atoms with van der Waals surface area (Å²) in [6, 6.07) is -0.694. The Labute approximate surface area is 116 Å². The van der Waals surface area contributed by atoms with Gasteiger partial charge in [-0.15, -0.1) is 0 Å². The maximum atomic E-state index is 12.0. The Balaban J connectivity index is 2.42. The quantitative estimate of drug-likeness (QED) is 0.744. The highest BCUT2D eigenvalue weighted by molar-refractivity contribution is 7.89. The van der Waals surface area contributed by atoms with Crippen LogP contribution in [0.1, 0.15) is 52.4 Å². The molecule has 0 saturated heterocycles. The summed E-state index contributed by atoms with van der Waals surface area (Å²) in [5, 5.41) is 2.69. The number of hydrogen-bond acceptors (Lipinski definition) is 3. The van der Waals surface area contributed by atoms with E-state index in [1.54, 1.807) is 6.92 Å². The Morgan fingerprint density at radius 2 is 1.89 bits per heavy atom. The third kappa shape index (κ3) is 6.38. The lowest BCUT2D eigenvalue weighted by atomic mass is 9.91. The molecule has 0 spiro atoms. The fourth-order valence-corrected chi connectivity index (χ4v) is 4.13. The van der Waals surface area contributed by atoms with Crippen molar-refractivity contribution in [2.24, 2.45) is 5.92 Å². The molecule has 0 aromatic rings. The molecule has 0 bridgehead atoms. The van der Waals surface area contributed by atoms with Crippen LogP contribution in [0.25, 0.3) is 0 Å². The van der Waals surface area contributed by atoms with Crippen LogP contribution in [0.15, 0.2) is 0 Å². The third-order valence-corrected chi connectivity index (χ3v) is 5.10. The van der Waals surface area contributed by atoms with Crippen molar-refractivity contribution in [2.45, 2.75) is 58.4 Å². The van der Waals surface area contributed by atoms with Crippen LogP contribution in [-0.4, -0.2) is 32.7 Å². The minimum Gasteiger partial charge on any atom is -0.355 e. The monoisotopic (exact) mass is 290 g/mol. The van der Waals surface area contributed by atoms with E-state index < -0.39 is 16.1 Å². The second-order valence-electron chi connectivity index (χ2n) is 5.42. The lowest BCUT2D eigenvalue weighted by molar-refractivity contribution is -0.122. The largest absolute Gasteiger partial charge is 0.355 e. The van der Waals surface area contributed by atoms with Crippen LogP contribution in [0.5, 0.6) is 0 Å². The topological polar surface area (TPSA) is 75.3 Å². The summed E-state index contributed by atoms with van der Waals surface area (Å²) in [6.45, 7) is 4.12. The van der Waals surface area contributed by atoms with Crippen molar-refractivity contribution in [3.8, 4) is 0 Å². The van der Waals surface area contributed by atoms with Gasteiger partial charge in [0.2, 0.25) is 15.9 Å². The van der Waals surface area contributed by atoms with Crippen molar-refractivity contribution in [1.82, 2.24) is 10.0 Å². The van der Waals surface area contributed by atoms with E-state index in [0.29, 0.717) is 6.54 Å². The van der Waals surface area contributed by atoms with Gasteiger partial charge in [0.1, 0.15) is 0 Å².